The first-order valence-electron chi connectivity index (χ1n) is 5.30. The van der Waals surface area contributed by atoms with E-state index < -0.39 is 0 Å². The monoisotopic (exact) mass is 185 g/mol. The van der Waals surface area contributed by atoms with Gasteiger partial charge in [0.2, 0.25) is 0 Å². The molecule has 2 atom stereocenters. The van der Waals surface area contributed by atoms with Crippen LogP contribution in [0.1, 0.15) is 33.6 Å². The third-order valence-corrected chi connectivity index (χ3v) is 2.82. The predicted octanol–water partition coefficient (Wildman–Crippen LogP) is 2.05. The van der Waals surface area contributed by atoms with Crippen molar-refractivity contribution in [1.82, 2.24) is 5.32 Å². The Hall–Kier alpha value is -0.0800. The molecule has 0 spiro atoms. The van der Waals surface area contributed by atoms with Gasteiger partial charge in [-0.15, -0.1) is 0 Å². The summed E-state index contributed by atoms with van der Waals surface area (Å²) in [7, 11) is 1.78. The molecule has 78 valence electrons. The minimum absolute atomic E-state index is 0.230. The molecular weight excluding hydrogens is 162 g/mol. The molecule has 0 radical (unpaired) electrons. The van der Waals surface area contributed by atoms with Gasteiger partial charge < -0.3 is 10.1 Å². The van der Waals surface area contributed by atoms with E-state index >= 15 is 0 Å². The van der Waals surface area contributed by atoms with E-state index in [9.17, 15) is 0 Å². The van der Waals surface area contributed by atoms with Crippen molar-refractivity contribution in [2.45, 2.75) is 39.2 Å². The van der Waals surface area contributed by atoms with Crippen molar-refractivity contribution in [2.75, 3.05) is 20.3 Å². The Balaban J connectivity index is 2.34. The fraction of sp³-hybridized carbons (Fsp3) is 1.00. The fourth-order valence-electron chi connectivity index (χ4n) is 2.43. The highest BCUT2D eigenvalue weighted by atomic mass is 16.5. The van der Waals surface area contributed by atoms with Crippen LogP contribution in [-0.2, 0) is 4.74 Å². The van der Waals surface area contributed by atoms with Crippen molar-refractivity contribution in [3.8, 4) is 0 Å². The summed E-state index contributed by atoms with van der Waals surface area (Å²) in [4.78, 5) is 0. The van der Waals surface area contributed by atoms with Crippen LogP contribution in [0.3, 0.4) is 0 Å². The highest BCUT2D eigenvalue weighted by molar-refractivity contribution is 4.93. The topological polar surface area (TPSA) is 21.3 Å². The summed E-state index contributed by atoms with van der Waals surface area (Å²) in [6.45, 7) is 8.86. The summed E-state index contributed by atoms with van der Waals surface area (Å²) in [5.41, 5.74) is 0.230. The van der Waals surface area contributed by atoms with Crippen LogP contribution >= 0.6 is 0 Å². The maximum Gasteiger partial charge on any atom is 0.0641 e. The Labute approximate surface area is 82.0 Å². The molecular formula is C11H23NO. The average molecular weight is 185 g/mol. The predicted molar refractivity (Wildman–Crippen MR) is 55.8 cm³/mol. The lowest BCUT2D eigenvalue weighted by Gasteiger charge is -2.23. The van der Waals surface area contributed by atoms with E-state index in [1.807, 2.05) is 0 Å². The van der Waals surface area contributed by atoms with Gasteiger partial charge >= 0.3 is 0 Å². The summed E-state index contributed by atoms with van der Waals surface area (Å²) < 4.78 is 5.22. The van der Waals surface area contributed by atoms with Gasteiger partial charge in [-0.3, -0.25) is 0 Å². The Kier molecular flexibility index (Phi) is 3.74. The number of rotatable bonds is 4. The van der Waals surface area contributed by atoms with Crippen LogP contribution in [-0.4, -0.2) is 25.8 Å². The third-order valence-electron chi connectivity index (χ3n) is 2.82. The molecule has 0 aliphatic carbocycles. The largest absolute Gasteiger partial charge is 0.383 e. The number of ether oxygens (including phenoxy) is 1. The van der Waals surface area contributed by atoms with Gasteiger partial charge in [0, 0.05) is 12.6 Å². The molecule has 1 rings (SSSR count). The second-order valence-corrected chi connectivity index (χ2v) is 5.07. The van der Waals surface area contributed by atoms with E-state index in [-0.39, 0.29) is 5.54 Å². The molecule has 0 bridgehead atoms. The minimum Gasteiger partial charge on any atom is -0.383 e. The molecule has 0 aromatic heterocycles. The Bertz CT molecular complexity index is 158. The van der Waals surface area contributed by atoms with Crippen LogP contribution < -0.4 is 5.32 Å². The number of hydrogen-bond acceptors (Lipinski definition) is 2. The molecule has 13 heavy (non-hydrogen) atoms. The van der Waals surface area contributed by atoms with Crippen molar-refractivity contribution in [3.63, 3.8) is 0 Å². The second kappa shape index (κ2) is 4.43. The second-order valence-electron chi connectivity index (χ2n) is 5.07. The van der Waals surface area contributed by atoms with E-state index in [4.69, 9.17) is 4.74 Å². The lowest BCUT2D eigenvalue weighted by atomic mass is 9.90. The lowest BCUT2D eigenvalue weighted by molar-refractivity contribution is 0.127. The van der Waals surface area contributed by atoms with E-state index in [0.717, 1.165) is 25.0 Å². The van der Waals surface area contributed by atoms with Crippen LogP contribution in [0.15, 0.2) is 0 Å². The summed E-state index contributed by atoms with van der Waals surface area (Å²) >= 11 is 0. The first-order valence-corrected chi connectivity index (χ1v) is 5.30. The van der Waals surface area contributed by atoms with Crippen molar-refractivity contribution in [2.24, 2.45) is 11.8 Å². The van der Waals surface area contributed by atoms with Gasteiger partial charge in [0.1, 0.15) is 0 Å². The van der Waals surface area contributed by atoms with Crippen molar-refractivity contribution in [1.29, 1.82) is 0 Å². The summed E-state index contributed by atoms with van der Waals surface area (Å²) in [5.74, 6) is 1.66. The van der Waals surface area contributed by atoms with Crippen molar-refractivity contribution in [3.05, 3.63) is 0 Å². The molecule has 2 heteroatoms. The zero-order chi connectivity index (χ0) is 9.90. The number of nitrogens with one attached hydrogen (secondary N) is 1. The Morgan fingerprint density at radius 3 is 2.77 bits per heavy atom. The van der Waals surface area contributed by atoms with Gasteiger partial charge in [-0.05, 0) is 38.1 Å². The van der Waals surface area contributed by atoms with Crippen LogP contribution in [0.25, 0.3) is 0 Å². The smallest absolute Gasteiger partial charge is 0.0641 e. The van der Waals surface area contributed by atoms with Gasteiger partial charge in [-0.25, -0.2) is 0 Å². The van der Waals surface area contributed by atoms with Gasteiger partial charge in [-0.2, -0.15) is 0 Å². The molecule has 1 aliphatic heterocycles. The van der Waals surface area contributed by atoms with E-state index in [2.05, 4.69) is 26.1 Å². The highest BCUT2D eigenvalue weighted by Crippen LogP contribution is 2.28. The van der Waals surface area contributed by atoms with Crippen LogP contribution in [0.5, 0.6) is 0 Å². The molecule has 1 saturated heterocycles. The molecule has 0 amide bonds. The highest BCUT2D eigenvalue weighted by Gasteiger charge is 2.34. The van der Waals surface area contributed by atoms with Crippen molar-refractivity contribution < 1.29 is 4.74 Å². The molecule has 2 nitrogen and oxygen atoms in total. The third kappa shape index (κ3) is 3.28. The molecule has 0 saturated carbocycles. The van der Waals surface area contributed by atoms with Gasteiger partial charge in [-0.1, -0.05) is 13.8 Å². The van der Waals surface area contributed by atoms with E-state index in [0.29, 0.717) is 0 Å². The standard InChI is InChI=1S/C11H23NO/c1-9(2)5-10-6-11(3,8-13-4)12-7-10/h9-10,12H,5-8H2,1-4H3. The van der Waals surface area contributed by atoms with Gasteiger partial charge in [0.05, 0.1) is 6.61 Å². The molecule has 1 heterocycles. The average Bonchev–Trinajstić information content (AvgIpc) is 2.31. The maximum atomic E-state index is 5.22. The fourth-order valence-corrected chi connectivity index (χ4v) is 2.43. The number of methoxy groups -OCH3 is 1. The summed E-state index contributed by atoms with van der Waals surface area (Å²) in [6.07, 6.45) is 2.60. The zero-order valence-corrected chi connectivity index (χ0v) is 9.39. The van der Waals surface area contributed by atoms with Crippen molar-refractivity contribution >= 4 is 0 Å². The van der Waals surface area contributed by atoms with Crippen LogP contribution in [0.2, 0.25) is 0 Å². The van der Waals surface area contributed by atoms with E-state index in [1.54, 1.807) is 7.11 Å². The zero-order valence-electron chi connectivity index (χ0n) is 9.39. The van der Waals surface area contributed by atoms with Crippen LogP contribution in [0, 0.1) is 11.8 Å². The minimum atomic E-state index is 0.230. The quantitative estimate of drug-likeness (QED) is 0.723. The van der Waals surface area contributed by atoms with E-state index in [1.165, 1.54) is 12.8 Å². The molecule has 1 N–H and O–H groups in total. The molecule has 2 unspecified atom stereocenters. The normalized spacial score (nSPS) is 34.4. The Morgan fingerprint density at radius 1 is 1.54 bits per heavy atom. The molecule has 0 aromatic rings. The van der Waals surface area contributed by atoms with Gasteiger partial charge in [0.25, 0.3) is 0 Å². The first-order chi connectivity index (χ1) is 6.06. The number of hydrogen-bond donors (Lipinski definition) is 1. The maximum absolute atomic E-state index is 5.22. The Morgan fingerprint density at radius 2 is 2.23 bits per heavy atom. The molecule has 0 aromatic carbocycles. The lowest BCUT2D eigenvalue weighted by Crippen LogP contribution is -2.40. The van der Waals surface area contributed by atoms with Gasteiger partial charge in [0.15, 0.2) is 0 Å². The first kappa shape index (κ1) is 11.0. The van der Waals surface area contributed by atoms with Crippen LogP contribution in [0.4, 0.5) is 0 Å². The summed E-state index contributed by atoms with van der Waals surface area (Å²) in [6, 6.07) is 0. The SMILES string of the molecule is COCC1(C)CC(CC(C)C)CN1. The summed E-state index contributed by atoms with van der Waals surface area (Å²) in [5, 5.41) is 3.56. The molecule has 1 aliphatic rings. The molecule has 1 fully saturated rings.